The second-order valence-electron chi connectivity index (χ2n) is 4.18. The minimum atomic E-state index is -0.291. The lowest BCUT2D eigenvalue weighted by Crippen LogP contribution is -2.06. The molecule has 0 radical (unpaired) electrons. The SMILES string of the molecule is CNCc1cc(Cl)ccc1-c1cc(F)ccc1OC. The molecule has 2 aromatic carbocycles. The molecule has 1 N–H and O–H groups in total. The van der Waals surface area contributed by atoms with Crippen LogP contribution in [0.15, 0.2) is 36.4 Å². The van der Waals surface area contributed by atoms with Gasteiger partial charge in [0.2, 0.25) is 0 Å². The molecule has 0 saturated carbocycles. The predicted molar refractivity (Wildman–Crippen MR) is 76.2 cm³/mol. The first-order chi connectivity index (χ1) is 9.15. The second kappa shape index (κ2) is 6.04. The van der Waals surface area contributed by atoms with E-state index < -0.39 is 0 Å². The monoisotopic (exact) mass is 279 g/mol. The van der Waals surface area contributed by atoms with Gasteiger partial charge < -0.3 is 10.1 Å². The summed E-state index contributed by atoms with van der Waals surface area (Å²) in [6.45, 7) is 0.648. The molecule has 2 nitrogen and oxygen atoms in total. The summed E-state index contributed by atoms with van der Waals surface area (Å²) in [6.07, 6.45) is 0. The average molecular weight is 280 g/mol. The molecule has 0 aliphatic heterocycles. The molecule has 100 valence electrons. The number of nitrogens with one attached hydrogen (secondary N) is 1. The molecule has 2 rings (SSSR count). The van der Waals surface area contributed by atoms with Crippen LogP contribution >= 0.6 is 11.6 Å². The number of benzene rings is 2. The largest absolute Gasteiger partial charge is 0.496 e. The van der Waals surface area contributed by atoms with E-state index in [1.165, 1.54) is 12.1 Å². The Balaban J connectivity index is 2.60. The van der Waals surface area contributed by atoms with E-state index in [2.05, 4.69) is 5.32 Å². The van der Waals surface area contributed by atoms with Crippen molar-refractivity contribution < 1.29 is 9.13 Å². The molecule has 19 heavy (non-hydrogen) atoms. The van der Waals surface area contributed by atoms with E-state index in [4.69, 9.17) is 16.3 Å². The van der Waals surface area contributed by atoms with E-state index in [1.54, 1.807) is 19.2 Å². The van der Waals surface area contributed by atoms with Crippen LogP contribution in [0.4, 0.5) is 4.39 Å². The van der Waals surface area contributed by atoms with Crippen LogP contribution in [0, 0.1) is 5.82 Å². The average Bonchev–Trinajstić information content (AvgIpc) is 2.39. The minimum absolute atomic E-state index is 0.291. The fourth-order valence-corrected chi connectivity index (χ4v) is 2.25. The number of halogens is 2. The van der Waals surface area contributed by atoms with E-state index in [0.29, 0.717) is 17.3 Å². The Kier molecular flexibility index (Phi) is 4.40. The lowest BCUT2D eigenvalue weighted by atomic mass is 9.98. The quantitative estimate of drug-likeness (QED) is 0.917. The summed E-state index contributed by atoms with van der Waals surface area (Å²) in [6, 6.07) is 10.0. The van der Waals surface area contributed by atoms with Gasteiger partial charge in [0, 0.05) is 17.1 Å². The Morgan fingerprint density at radius 1 is 1.16 bits per heavy atom. The normalized spacial score (nSPS) is 10.5. The van der Waals surface area contributed by atoms with Crippen molar-refractivity contribution in [3.8, 4) is 16.9 Å². The maximum Gasteiger partial charge on any atom is 0.126 e. The van der Waals surface area contributed by atoms with E-state index in [9.17, 15) is 4.39 Å². The molecule has 2 aromatic rings. The zero-order valence-corrected chi connectivity index (χ0v) is 11.6. The molecule has 0 fully saturated rings. The molecular formula is C15H15ClFNO. The first-order valence-corrected chi connectivity index (χ1v) is 6.30. The van der Waals surface area contributed by atoms with Crippen LogP contribution in [0.1, 0.15) is 5.56 Å². The maximum absolute atomic E-state index is 13.5. The zero-order valence-electron chi connectivity index (χ0n) is 10.8. The Morgan fingerprint density at radius 3 is 2.63 bits per heavy atom. The third-order valence-electron chi connectivity index (χ3n) is 2.89. The fraction of sp³-hybridized carbons (Fsp3) is 0.200. The van der Waals surface area contributed by atoms with Gasteiger partial charge in [0.15, 0.2) is 0 Å². The van der Waals surface area contributed by atoms with Gasteiger partial charge in [-0.15, -0.1) is 0 Å². The van der Waals surface area contributed by atoms with Gasteiger partial charge in [-0.25, -0.2) is 4.39 Å². The van der Waals surface area contributed by atoms with Gasteiger partial charge >= 0.3 is 0 Å². The second-order valence-corrected chi connectivity index (χ2v) is 4.61. The van der Waals surface area contributed by atoms with E-state index >= 15 is 0 Å². The summed E-state index contributed by atoms with van der Waals surface area (Å²) >= 11 is 6.01. The standard InChI is InChI=1S/C15H15ClFNO/c1-18-9-10-7-11(16)3-5-13(10)14-8-12(17)4-6-15(14)19-2/h3-8,18H,9H2,1-2H3. The van der Waals surface area contributed by atoms with Crippen molar-refractivity contribution in [2.45, 2.75) is 6.54 Å². The Labute approximate surface area is 117 Å². The van der Waals surface area contributed by atoms with Gasteiger partial charge in [-0.1, -0.05) is 17.7 Å². The highest BCUT2D eigenvalue weighted by Crippen LogP contribution is 2.34. The third kappa shape index (κ3) is 3.06. The van der Waals surface area contributed by atoms with Gasteiger partial charge in [-0.05, 0) is 48.5 Å². The number of hydrogen-bond acceptors (Lipinski definition) is 2. The summed E-state index contributed by atoms with van der Waals surface area (Å²) in [7, 11) is 3.43. The van der Waals surface area contributed by atoms with Crippen LogP contribution in [0.3, 0.4) is 0 Å². The molecule has 0 amide bonds. The predicted octanol–water partition coefficient (Wildman–Crippen LogP) is 3.87. The van der Waals surface area contributed by atoms with Crippen LogP contribution < -0.4 is 10.1 Å². The molecule has 0 unspecified atom stereocenters. The van der Waals surface area contributed by atoms with Crippen molar-refractivity contribution in [1.82, 2.24) is 5.32 Å². The molecule has 0 aliphatic carbocycles. The van der Waals surface area contributed by atoms with Crippen LogP contribution in [0.5, 0.6) is 5.75 Å². The highest BCUT2D eigenvalue weighted by atomic mass is 35.5. The first kappa shape index (κ1) is 13.8. The van der Waals surface area contributed by atoms with E-state index in [-0.39, 0.29) is 5.82 Å². The smallest absolute Gasteiger partial charge is 0.126 e. The van der Waals surface area contributed by atoms with Gasteiger partial charge in [0.05, 0.1) is 7.11 Å². The van der Waals surface area contributed by atoms with E-state index in [0.717, 1.165) is 16.7 Å². The summed E-state index contributed by atoms with van der Waals surface area (Å²) in [5, 5.41) is 3.74. The van der Waals surface area contributed by atoms with Crippen molar-refractivity contribution in [1.29, 1.82) is 0 Å². The van der Waals surface area contributed by atoms with Crippen molar-refractivity contribution in [2.24, 2.45) is 0 Å². The van der Waals surface area contributed by atoms with Crippen LogP contribution in [0.2, 0.25) is 5.02 Å². The molecule has 0 aromatic heterocycles. The number of rotatable bonds is 4. The van der Waals surface area contributed by atoms with Crippen molar-refractivity contribution in [3.63, 3.8) is 0 Å². The number of methoxy groups -OCH3 is 1. The van der Waals surface area contributed by atoms with Gasteiger partial charge in [-0.3, -0.25) is 0 Å². The third-order valence-corrected chi connectivity index (χ3v) is 3.12. The summed E-state index contributed by atoms with van der Waals surface area (Å²) in [5.41, 5.74) is 2.64. The first-order valence-electron chi connectivity index (χ1n) is 5.92. The summed E-state index contributed by atoms with van der Waals surface area (Å²) in [5.74, 6) is 0.349. The number of ether oxygens (including phenoxy) is 1. The van der Waals surface area contributed by atoms with Gasteiger partial charge in [-0.2, -0.15) is 0 Å². The molecular weight excluding hydrogens is 265 g/mol. The molecule has 0 spiro atoms. The van der Waals surface area contributed by atoms with Crippen molar-refractivity contribution in [3.05, 3.63) is 52.8 Å². The van der Waals surface area contributed by atoms with Crippen LogP contribution in [-0.4, -0.2) is 14.2 Å². The molecule has 0 atom stereocenters. The molecule has 0 saturated heterocycles. The highest BCUT2D eigenvalue weighted by molar-refractivity contribution is 6.30. The topological polar surface area (TPSA) is 21.3 Å². The van der Waals surface area contributed by atoms with Gasteiger partial charge in [0.1, 0.15) is 11.6 Å². The molecule has 0 heterocycles. The maximum atomic E-state index is 13.5. The van der Waals surface area contributed by atoms with Gasteiger partial charge in [0.25, 0.3) is 0 Å². The zero-order chi connectivity index (χ0) is 13.8. The van der Waals surface area contributed by atoms with Crippen LogP contribution in [0.25, 0.3) is 11.1 Å². The summed E-state index contributed by atoms with van der Waals surface area (Å²) in [4.78, 5) is 0. The summed E-state index contributed by atoms with van der Waals surface area (Å²) < 4.78 is 18.8. The minimum Gasteiger partial charge on any atom is -0.496 e. The Bertz CT molecular complexity index is 586. The Morgan fingerprint density at radius 2 is 1.95 bits per heavy atom. The molecule has 0 bridgehead atoms. The molecule has 4 heteroatoms. The van der Waals surface area contributed by atoms with E-state index in [1.807, 2.05) is 19.2 Å². The van der Waals surface area contributed by atoms with Crippen molar-refractivity contribution in [2.75, 3.05) is 14.2 Å². The lowest BCUT2D eigenvalue weighted by molar-refractivity contribution is 0.415. The van der Waals surface area contributed by atoms with Crippen LogP contribution in [-0.2, 0) is 6.54 Å². The van der Waals surface area contributed by atoms with Crippen molar-refractivity contribution >= 4 is 11.6 Å². The number of hydrogen-bond donors (Lipinski definition) is 1. The fourth-order valence-electron chi connectivity index (χ4n) is 2.05. The lowest BCUT2D eigenvalue weighted by Gasteiger charge is -2.13. The highest BCUT2D eigenvalue weighted by Gasteiger charge is 2.11. The molecule has 0 aliphatic rings. The Hall–Kier alpha value is -1.58.